The van der Waals surface area contributed by atoms with E-state index in [1.165, 1.54) is 0 Å². The lowest BCUT2D eigenvalue weighted by atomic mass is 9.84. The van der Waals surface area contributed by atoms with E-state index in [2.05, 4.69) is 22.7 Å². The van der Waals surface area contributed by atoms with Gasteiger partial charge in [0.15, 0.2) is 0 Å². The van der Waals surface area contributed by atoms with Crippen molar-refractivity contribution >= 4 is 24.1 Å². The number of aryl methyl sites for hydroxylation is 1. The Labute approximate surface area is 155 Å². The van der Waals surface area contributed by atoms with Gasteiger partial charge in [-0.25, -0.2) is 4.68 Å². The second-order valence-corrected chi connectivity index (χ2v) is 6.73. The van der Waals surface area contributed by atoms with Crippen molar-refractivity contribution in [1.82, 2.24) is 15.1 Å². The van der Waals surface area contributed by atoms with Gasteiger partial charge in [0.25, 0.3) is 0 Å². The van der Waals surface area contributed by atoms with Gasteiger partial charge in [0.2, 0.25) is 5.91 Å². The fourth-order valence-electron chi connectivity index (χ4n) is 3.46. The third-order valence-corrected chi connectivity index (χ3v) is 4.95. The predicted molar refractivity (Wildman–Crippen MR) is 104 cm³/mol. The van der Waals surface area contributed by atoms with Crippen LogP contribution in [0.5, 0.6) is 0 Å². The first-order chi connectivity index (χ1) is 11.6. The fourth-order valence-corrected chi connectivity index (χ4v) is 3.46. The second kappa shape index (κ2) is 9.02. The monoisotopic (exact) mass is 362 g/mol. The topological polar surface area (TPSA) is 59.0 Å². The number of piperidine rings is 1. The Bertz CT molecular complexity index is 694. The summed E-state index contributed by atoms with van der Waals surface area (Å²) in [6.45, 7) is 6.36. The van der Waals surface area contributed by atoms with Gasteiger partial charge in [0.1, 0.15) is 5.82 Å². The summed E-state index contributed by atoms with van der Waals surface area (Å²) in [5.74, 6) is 1.84. The molecular formula is C19H27ClN4O. The molecule has 6 heteroatoms. The number of anilines is 1. The zero-order valence-electron chi connectivity index (χ0n) is 14.9. The summed E-state index contributed by atoms with van der Waals surface area (Å²) in [5.41, 5.74) is 2.11. The van der Waals surface area contributed by atoms with Crippen LogP contribution in [0.2, 0.25) is 0 Å². The van der Waals surface area contributed by atoms with Gasteiger partial charge >= 0.3 is 0 Å². The highest BCUT2D eigenvalue weighted by atomic mass is 35.5. The van der Waals surface area contributed by atoms with Crippen LogP contribution in [0.25, 0.3) is 5.69 Å². The molecule has 0 saturated carbocycles. The Balaban J connectivity index is 0.00000225. The third-order valence-electron chi connectivity index (χ3n) is 4.95. The number of aromatic nitrogens is 2. The fraction of sp³-hybridized carbons (Fsp3) is 0.474. The molecule has 0 spiro atoms. The summed E-state index contributed by atoms with van der Waals surface area (Å²) >= 11 is 0. The molecule has 0 aliphatic carbocycles. The molecule has 1 atom stereocenters. The number of nitrogens with zero attached hydrogens (tertiary/aromatic N) is 2. The zero-order chi connectivity index (χ0) is 16.9. The quantitative estimate of drug-likeness (QED) is 0.854. The lowest BCUT2D eigenvalue weighted by Gasteiger charge is -2.27. The van der Waals surface area contributed by atoms with Crippen LogP contribution < -0.4 is 10.6 Å². The van der Waals surface area contributed by atoms with Gasteiger partial charge in [0, 0.05) is 12.5 Å². The van der Waals surface area contributed by atoms with E-state index in [1.54, 1.807) is 10.9 Å². The number of hydrogen-bond acceptors (Lipinski definition) is 3. The van der Waals surface area contributed by atoms with Crippen LogP contribution in [0, 0.1) is 18.8 Å². The van der Waals surface area contributed by atoms with Gasteiger partial charge in [-0.1, -0.05) is 25.1 Å². The van der Waals surface area contributed by atoms with E-state index in [1.807, 2.05) is 37.3 Å². The van der Waals surface area contributed by atoms with Crippen LogP contribution in [0.4, 0.5) is 5.82 Å². The maximum absolute atomic E-state index is 12.5. The predicted octanol–water partition coefficient (Wildman–Crippen LogP) is 3.57. The number of para-hydroxylation sites is 1. The smallest absolute Gasteiger partial charge is 0.225 e. The SMILES string of the molecule is Cc1ccccc1-n1nccc1NC(=O)CC(C)C1CCNCC1.Cl. The van der Waals surface area contributed by atoms with Crippen LogP contribution >= 0.6 is 12.4 Å². The molecule has 3 rings (SSSR count). The Kier molecular flexibility index (Phi) is 7.02. The Morgan fingerprint density at radius 2 is 2.04 bits per heavy atom. The van der Waals surface area contributed by atoms with Crippen LogP contribution in [-0.4, -0.2) is 28.8 Å². The first-order valence-corrected chi connectivity index (χ1v) is 8.75. The lowest BCUT2D eigenvalue weighted by Crippen LogP contribution is -2.32. The molecule has 25 heavy (non-hydrogen) atoms. The molecule has 5 nitrogen and oxygen atoms in total. The summed E-state index contributed by atoms with van der Waals surface area (Å²) in [6, 6.07) is 9.88. The number of rotatable bonds is 5. The Hall–Kier alpha value is -1.85. The molecule has 2 N–H and O–H groups in total. The van der Waals surface area contributed by atoms with Crippen molar-refractivity contribution in [3.05, 3.63) is 42.1 Å². The molecule has 0 bridgehead atoms. The molecular weight excluding hydrogens is 336 g/mol. The highest BCUT2D eigenvalue weighted by Gasteiger charge is 2.22. The highest BCUT2D eigenvalue weighted by Crippen LogP contribution is 2.25. The molecule has 2 aromatic rings. The molecule has 1 unspecified atom stereocenters. The number of carbonyl (C=O) groups is 1. The van der Waals surface area contributed by atoms with Crippen molar-refractivity contribution in [2.24, 2.45) is 11.8 Å². The average molecular weight is 363 g/mol. The first kappa shape index (κ1) is 19.5. The van der Waals surface area contributed by atoms with E-state index in [4.69, 9.17) is 0 Å². The van der Waals surface area contributed by atoms with Crippen molar-refractivity contribution in [1.29, 1.82) is 0 Å². The number of hydrogen-bond donors (Lipinski definition) is 2. The number of amides is 1. The molecule has 1 aliphatic heterocycles. The Morgan fingerprint density at radius 3 is 2.76 bits per heavy atom. The summed E-state index contributed by atoms with van der Waals surface area (Å²) in [5, 5.41) is 10.8. The number of benzene rings is 1. The maximum atomic E-state index is 12.5. The molecule has 1 aromatic heterocycles. The summed E-state index contributed by atoms with van der Waals surface area (Å²) in [7, 11) is 0. The molecule has 2 heterocycles. The van der Waals surface area contributed by atoms with Gasteiger partial charge in [-0.2, -0.15) is 5.10 Å². The normalized spacial score (nSPS) is 16.1. The molecule has 136 valence electrons. The van der Waals surface area contributed by atoms with Gasteiger partial charge < -0.3 is 10.6 Å². The highest BCUT2D eigenvalue weighted by molar-refractivity contribution is 5.90. The number of halogens is 1. The third kappa shape index (κ3) is 4.83. The minimum atomic E-state index is 0. The van der Waals surface area contributed by atoms with Crippen LogP contribution in [0.1, 0.15) is 31.7 Å². The average Bonchev–Trinajstić information content (AvgIpc) is 3.03. The lowest BCUT2D eigenvalue weighted by molar-refractivity contribution is -0.117. The second-order valence-electron chi connectivity index (χ2n) is 6.73. The summed E-state index contributed by atoms with van der Waals surface area (Å²) in [6.07, 6.45) is 4.60. The van der Waals surface area contributed by atoms with E-state index in [0.717, 1.165) is 43.0 Å². The number of carbonyl (C=O) groups excluding carboxylic acids is 1. The van der Waals surface area contributed by atoms with Gasteiger partial charge in [-0.15, -0.1) is 12.4 Å². The van der Waals surface area contributed by atoms with Crippen LogP contribution in [0.15, 0.2) is 36.5 Å². The summed E-state index contributed by atoms with van der Waals surface area (Å²) < 4.78 is 1.79. The van der Waals surface area contributed by atoms with Gasteiger partial charge in [-0.05, 0) is 56.3 Å². The molecule has 1 aromatic carbocycles. The minimum Gasteiger partial charge on any atom is -0.317 e. The maximum Gasteiger partial charge on any atom is 0.225 e. The largest absolute Gasteiger partial charge is 0.317 e. The first-order valence-electron chi connectivity index (χ1n) is 8.75. The van der Waals surface area contributed by atoms with E-state index in [0.29, 0.717) is 18.3 Å². The van der Waals surface area contributed by atoms with E-state index in [-0.39, 0.29) is 18.3 Å². The van der Waals surface area contributed by atoms with Crippen LogP contribution in [-0.2, 0) is 4.79 Å². The van der Waals surface area contributed by atoms with Crippen molar-refractivity contribution in [2.45, 2.75) is 33.1 Å². The van der Waals surface area contributed by atoms with Gasteiger partial charge in [0.05, 0.1) is 11.9 Å². The van der Waals surface area contributed by atoms with E-state index in [9.17, 15) is 4.79 Å². The van der Waals surface area contributed by atoms with E-state index < -0.39 is 0 Å². The zero-order valence-corrected chi connectivity index (χ0v) is 15.7. The van der Waals surface area contributed by atoms with E-state index >= 15 is 0 Å². The number of nitrogens with one attached hydrogen (secondary N) is 2. The molecule has 1 aliphatic rings. The molecule has 1 amide bonds. The Morgan fingerprint density at radius 1 is 1.32 bits per heavy atom. The van der Waals surface area contributed by atoms with Gasteiger partial charge in [-0.3, -0.25) is 4.79 Å². The van der Waals surface area contributed by atoms with Crippen molar-refractivity contribution in [3.63, 3.8) is 0 Å². The van der Waals surface area contributed by atoms with Crippen molar-refractivity contribution < 1.29 is 4.79 Å². The van der Waals surface area contributed by atoms with Crippen LogP contribution in [0.3, 0.4) is 0 Å². The van der Waals surface area contributed by atoms with Crippen molar-refractivity contribution in [2.75, 3.05) is 18.4 Å². The molecule has 1 fully saturated rings. The summed E-state index contributed by atoms with van der Waals surface area (Å²) in [4.78, 5) is 12.5. The van der Waals surface area contributed by atoms with Crippen molar-refractivity contribution in [3.8, 4) is 5.69 Å². The molecule has 0 radical (unpaired) electrons. The molecule has 1 saturated heterocycles. The standard InChI is InChI=1S/C19H26N4O.ClH/c1-14-5-3-4-6-17(14)23-18(9-12-21-23)22-19(24)13-15(2)16-7-10-20-11-8-16;/h3-6,9,12,15-16,20H,7-8,10-11,13H2,1-2H3,(H,22,24);1H. The minimum absolute atomic E-state index is 0.